The predicted octanol–water partition coefficient (Wildman–Crippen LogP) is 5.87. The summed E-state index contributed by atoms with van der Waals surface area (Å²) in [5, 5.41) is 0. The van der Waals surface area contributed by atoms with Gasteiger partial charge >= 0.3 is 0 Å². The molecule has 0 spiro atoms. The number of amides is 1. The molecule has 0 aromatic heterocycles. The molecular weight excluding hydrogens is 536 g/mol. The van der Waals surface area contributed by atoms with Crippen molar-refractivity contribution >= 4 is 31.9 Å². The van der Waals surface area contributed by atoms with E-state index in [-0.39, 0.29) is 23.9 Å². The average Bonchev–Trinajstić information content (AvgIpc) is 2.91. The number of benzene rings is 4. The highest BCUT2D eigenvalue weighted by Gasteiger charge is 2.29. The lowest BCUT2D eigenvalue weighted by Crippen LogP contribution is -2.42. The molecule has 0 aliphatic rings. The quantitative estimate of drug-likeness (QED) is 0.243. The van der Waals surface area contributed by atoms with Crippen molar-refractivity contribution in [3.05, 3.63) is 136 Å². The van der Waals surface area contributed by atoms with Crippen LogP contribution in [0.2, 0.25) is 0 Å². The lowest BCUT2D eigenvalue weighted by molar-refractivity contribution is -0.132. The van der Waals surface area contributed by atoms with Crippen LogP contribution in [0.1, 0.15) is 16.7 Å². The van der Waals surface area contributed by atoms with E-state index >= 15 is 0 Å². The molecule has 0 fully saturated rings. The van der Waals surface area contributed by atoms with E-state index in [9.17, 15) is 13.2 Å². The SMILES string of the molecule is O=C(CN(Cc1ccc(Br)cc1)S(=O)(=O)c1ccccc1)N(Cc1ccccc1)Cc1ccccc1. The molecule has 0 radical (unpaired) electrons. The van der Waals surface area contributed by atoms with Crippen LogP contribution in [0.15, 0.2) is 125 Å². The average molecular weight is 564 g/mol. The van der Waals surface area contributed by atoms with Gasteiger partial charge in [0.15, 0.2) is 0 Å². The molecule has 0 aliphatic heterocycles. The van der Waals surface area contributed by atoms with Gasteiger partial charge in [-0.1, -0.05) is 107 Å². The fourth-order valence-corrected chi connectivity index (χ4v) is 5.51. The fourth-order valence-electron chi connectivity index (χ4n) is 3.85. The lowest BCUT2D eigenvalue weighted by Gasteiger charge is -2.28. The molecule has 4 aromatic rings. The van der Waals surface area contributed by atoms with Gasteiger partial charge in [0.05, 0.1) is 11.4 Å². The van der Waals surface area contributed by atoms with Gasteiger partial charge in [-0.3, -0.25) is 4.79 Å². The van der Waals surface area contributed by atoms with E-state index in [1.807, 2.05) is 84.9 Å². The third-order valence-corrected chi connectivity index (χ3v) is 8.08. The molecule has 0 unspecified atom stereocenters. The van der Waals surface area contributed by atoms with Gasteiger partial charge < -0.3 is 4.90 Å². The van der Waals surface area contributed by atoms with Crippen molar-refractivity contribution < 1.29 is 13.2 Å². The van der Waals surface area contributed by atoms with Crippen molar-refractivity contribution in [2.75, 3.05) is 6.54 Å². The molecule has 184 valence electrons. The topological polar surface area (TPSA) is 57.7 Å². The molecule has 0 atom stereocenters. The zero-order valence-corrected chi connectivity index (χ0v) is 22.1. The molecule has 5 nitrogen and oxygen atoms in total. The van der Waals surface area contributed by atoms with Crippen molar-refractivity contribution in [1.29, 1.82) is 0 Å². The maximum Gasteiger partial charge on any atom is 0.243 e. The molecule has 4 aromatic carbocycles. The summed E-state index contributed by atoms with van der Waals surface area (Å²) in [5.74, 6) is -0.265. The standard InChI is InChI=1S/C29H27BrN2O3S/c30-27-18-16-26(17-19-27)22-32(36(34,35)28-14-8-3-9-15-28)23-29(33)31(20-24-10-4-1-5-11-24)21-25-12-6-2-7-13-25/h1-19H,20-23H2. The van der Waals surface area contributed by atoms with Crippen LogP contribution in [0, 0.1) is 0 Å². The molecular formula is C29H27BrN2O3S. The van der Waals surface area contributed by atoms with Gasteiger partial charge in [0.1, 0.15) is 0 Å². The molecule has 7 heteroatoms. The zero-order valence-electron chi connectivity index (χ0n) is 19.7. The van der Waals surface area contributed by atoms with E-state index in [1.54, 1.807) is 35.2 Å². The minimum atomic E-state index is -3.91. The lowest BCUT2D eigenvalue weighted by atomic mass is 10.1. The third-order valence-electron chi connectivity index (χ3n) is 5.75. The molecule has 0 bridgehead atoms. The Balaban J connectivity index is 1.64. The van der Waals surface area contributed by atoms with Crippen molar-refractivity contribution in [3.63, 3.8) is 0 Å². The first-order chi connectivity index (χ1) is 17.4. The Kier molecular flexibility index (Phi) is 8.70. The Bertz CT molecular complexity index is 1320. The summed E-state index contributed by atoms with van der Waals surface area (Å²) >= 11 is 3.42. The molecule has 36 heavy (non-hydrogen) atoms. The number of carbonyl (C=O) groups excluding carboxylic acids is 1. The largest absolute Gasteiger partial charge is 0.333 e. The Labute approximate surface area is 221 Å². The number of nitrogens with zero attached hydrogens (tertiary/aromatic N) is 2. The summed E-state index contributed by atoms with van der Waals surface area (Å²) in [4.78, 5) is 15.6. The maximum absolute atomic E-state index is 13.7. The van der Waals surface area contributed by atoms with Crippen LogP contribution in [0.4, 0.5) is 0 Å². The number of hydrogen-bond donors (Lipinski definition) is 0. The van der Waals surface area contributed by atoms with Gasteiger partial charge in [0.2, 0.25) is 15.9 Å². The second kappa shape index (κ2) is 12.1. The number of carbonyl (C=O) groups is 1. The second-order valence-corrected chi connectivity index (χ2v) is 11.3. The van der Waals surface area contributed by atoms with Gasteiger partial charge in [0, 0.05) is 24.1 Å². The van der Waals surface area contributed by atoms with E-state index in [2.05, 4.69) is 15.9 Å². The van der Waals surface area contributed by atoms with E-state index < -0.39 is 10.0 Å². The minimum Gasteiger partial charge on any atom is -0.333 e. The molecule has 0 N–H and O–H groups in total. The summed E-state index contributed by atoms with van der Waals surface area (Å²) in [6.45, 7) is 0.575. The summed E-state index contributed by atoms with van der Waals surface area (Å²) < 4.78 is 29.4. The first kappa shape index (κ1) is 25.8. The minimum absolute atomic E-state index is 0.0841. The molecule has 0 saturated heterocycles. The van der Waals surface area contributed by atoms with Crippen LogP contribution >= 0.6 is 15.9 Å². The first-order valence-electron chi connectivity index (χ1n) is 11.6. The molecule has 4 rings (SSSR count). The predicted molar refractivity (Wildman–Crippen MR) is 145 cm³/mol. The zero-order chi connectivity index (χ0) is 25.4. The summed E-state index contributed by atoms with van der Waals surface area (Å²) in [6, 6.07) is 35.1. The normalized spacial score (nSPS) is 11.4. The highest BCUT2D eigenvalue weighted by Crippen LogP contribution is 2.21. The van der Waals surface area contributed by atoms with E-state index in [0.29, 0.717) is 13.1 Å². The van der Waals surface area contributed by atoms with Crippen LogP contribution in [0.25, 0.3) is 0 Å². The number of halogens is 1. The molecule has 0 aliphatic carbocycles. The van der Waals surface area contributed by atoms with Crippen molar-refractivity contribution in [2.45, 2.75) is 24.5 Å². The monoisotopic (exact) mass is 562 g/mol. The summed E-state index contributed by atoms with van der Waals surface area (Å²) in [7, 11) is -3.91. The molecule has 0 heterocycles. The Morgan fingerprint density at radius 3 is 1.56 bits per heavy atom. The summed E-state index contributed by atoms with van der Waals surface area (Å²) in [6.07, 6.45) is 0. The number of sulfonamides is 1. The fraction of sp³-hybridized carbons (Fsp3) is 0.138. The molecule has 1 amide bonds. The van der Waals surface area contributed by atoms with E-state index in [4.69, 9.17) is 0 Å². The van der Waals surface area contributed by atoms with E-state index in [1.165, 1.54) is 4.31 Å². The van der Waals surface area contributed by atoms with E-state index in [0.717, 1.165) is 21.2 Å². The van der Waals surface area contributed by atoms with Gasteiger partial charge in [-0.2, -0.15) is 4.31 Å². The van der Waals surface area contributed by atoms with Crippen molar-refractivity contribution in [3.8, 4) is 0 Å². The van der Waals surface area contributed by atoms with Crippen molar-refractivity contribution in [2.24, 2.45) is 0 Å². The van der Waals surface area contributed by atoms with Crippen molar-refractivity contribution in [1.82, 2.24) is 9.21 Å². The third kappa shape index (κ3) is 6.91. The van der Waals surface area contributed by atoms with Crippen LogP contribution in [-0.2, 0) is 34.5 Å². The van der Waals surface area contributed by atoms with Gasteiger partial charge in [-0.15, -0.1) is 0 Å². The van der Waals surface area contributed by atoms with Crippen LogP contribution in [-0.4, -0.2) is 30.1 Å². The number of rotatable bonds is 10. The van der Waals surface area contributed by atoms with Crippen LogP contribution in [0.3, 0.4) is 0 Å². The van der Waals surface area contributed by atoms with Crippen LogP contribution < -0.4 is 0 Å². The van der Waals surface area contributed by atoms with Gasteiger partial charge in [-0.25, -0.2) is 8.42 Å². The Morgan fingerprint density at radius 2 is 1.06 bits per heavy atom. The highest BCUT2D eigenvalue weighted by molar-refractivity contribution is 9.10. The molecule has 0 saturated carbocycles. The highest BCUT2D eigenvalue weighted by atomic mass is 79.9. The summed E-state index contributed by atoms with van der Waals surface area (Å²) in [5.41, 5.74) is 2.75. The Morgan fingerprint density at radius 1 is 0.611 bits per heavy atom. The van der Waals surface area contributed by atoms with Gasteiger partial charge in [0.25, 0.3) is 0 Å². The maximum atomic E-state index is 13.7. The first-order valence-corrected chi connectivity index (χ1v) is 13.8. The smallest absolute Gasteiger partial charge is 0.243 e. The van der Waals surface area contributed by atoms with Crippen LogP contribution in [0.5, 0.6) is 0 Å². The number of hydrogen-bond acceptors (Lipinski definition) is 3. The second-order valence-electron chi connectivity index (χ2n) is 8.43. The van der Waals surface area contributed by atoms with Gasteiger partial charge in [-0.05, 0) is 41.0 Å². The Hall–Kier alpha value is -3.26.